The quantitative estimate of drug-likeness (QED) is 0.787. The molecule has 2 rings (SSSR count). The molecule has 1 atom stereocenters. The lowest BCUT2D eigenvalue weighted by atomic mass is 10.1. The molecule has 0 N–H and O–H groups in total. The molecule has 106 valence electrons. The summed E-state index contributed by atoms with van der Waals surface area (Å²) in [7, 11) is 0. The third kappa shape index (κ3) is 3.01. The number of carbonyl (C=O) groups is 1. The largest absolute Gasteiger partial charge is 0.465 e. The maximum absolute atomic E-state index is 13.2. The van der Waals surface area contributed by atoms with Crippen molar-refractivity contribution >= 4 is 5.97 Å². The lowest BCUT2D eigenvalue weighted by molar-refractivity contribution is -0.145. The molecule has 0 bridgehead atoms. The zero-order valence-electron chi connectivity index (χ0n) is 11.3. The molecule has 6 heteroatoms. The van der Waals surface area contributed by atoms with Crippen LogP contribution >= 0.6 is 0 Å². The van der Waals surface area contributed by atoms with Crippen LogP contribution in [0.25, 0.3) is 11.4 Å². The number of hydrogen-bond acceptors (Lipinski definition) is 5. The Morgan fingerprint density at radius 3 is 2.90 bits per heavy atom. The van der Waals surface area contributed by atoms with Crippen LogP contribution in [0.15, 0.2) is 28.8 Å². The van der Waals surface area contributed by atoms with E-state index in [1.54, 1.807) is 19.1 Å². The monoisotopic (exact) mass is 278 g/mol. The maximum Gasteiger partial charge on any atom is 0.318 e. The second kappa shape index (κ2) is 6.27. The molecule has 0 fully saturated rings. The van der Waals surface area contributed by atoms with E-state index in [0.717, 1.165) is 0 Å². The molecule has 1 unspecified atom stereocenters. The molecule has 2 aromatic rings. The number of esters is 1. The number of nitrogens with zero attached hydrogens (tertiary/aromatic N) is 2. The van der Waals surface area contributed by atoms with Gasteiger partial charge in [-0.05, 0) is 25.5 Å². The number of aromatic nitrogens is 2. The summed E-state index contributed by atoms with van der Waals surface area (Å²) in [6.45, 7) is 3.85. The van der Waals surface area contributed by atoms with E-state index in [1.165, 1.54) is 12.1 Å². The maximum atomic E-state index is 13.2. The topological polar surface area (TPSA) is 65.2 Å². The Morgan fingerprint density at radius 2 is 2.25 bits per heavy atom. The first kappa shape index (κ1) is 14.2. The molecule has 1 aromatic carbocycles. The van der Waals surface area contributed by atoms with E-state index in [1.807, 2.05) is 6.92 Å². The summed E-state index contributed by atoms with van der Waals surface area (Å²) in [5.74, 6) is -0.937. The van der Waals surface area contributed by atoms with E-state index in [0.29, 0.717) is 18.6 Å². The van der Waals surface area contributed by atoms with Crippen molar-refractivity contribution in [1.29, 1.82) is 0 Å². The van der Waals surface area contributed by atoms with Crippen LogP contribution in [0.2, 0.25) is 0 Å². The van der Waals surface area contributed by atoms with Crippen molar-refractivity contribution in [2.45, 2.75) is 26.2 Å². The first-order valence-corrected chi connectivity index (χ1v) is 6.41. The summed E-state index contributed by atoms with van der Waals surface area (Å²) in [6.07, 6.45) is 0.490. The predicted octanol–water partition coefficient (Wildman–Crippen LogP) is 2.93. The van der Waals surface area contributed by atoms with E-state index in [4.69, 9.17) is 9.26 Å². The molecular weight excluding hydrogens is 263 g/mol. The number of ether oxygens (including phenoxy) is 1. The van der Waals surface area contributed by atoms with Gasteiger partial charge in [0.2, 0.25) is 11.7 Å². The summed E-state index contributed by atoms with van der Waals surface area (Å²) in [6, 6.07) is 5.87. The molecule has 5 nitrogen and oxygen atoms in total. The van der Waals surface area contributed by atoms with Gasteiger partial charge < -0.3 is 9.26 Å². The molecule has 1 aromatic heterocycles. The number of hydrogen-bond donors (Lipinski definition) is 0. The van der Waals surface area contributed by atoms with Crippen LogP contribution in [0, 0.1) is 5.82 Å². The zero-order valence-corrected chi connectivity index (χ0v) is 11.3. The Labute approximate surface area is 115 Å². The van der Waals surface area contributed by atoms with Crippen LogP contribution in [0.3, 0.4) is 0 Å². The minimum absolute atomic E-state index is 0.185. The van der Waals surface area contributed by atoms with E-state index >= 15 is 0 Å². The van der Waals surface area contributed by atoms with Crippen LogP contribution in [0.4, 0.5) is 4.39 Å². The highest BCUT2D eigenvalue weighted by atomic mass is 19.1. The SMILES string of the molecule is CCOC(=O)C(CC)c1nc(-c2cccc(F)c2)no1. The summed E-state index contributed by atoms with van der Waals surface area (Å²) in [5.41, 5.74) is 0.499. The Kier molecular flexibility index (Phi) is 4.45. The number of halogens is 1. The van der Waals surface area contributed by atoms with Gasteiger partial charge in [-0.1, -0.05) is 24.2 Å². The van der Waals surface area contributed by atoms with Crippen LogP contribution in [-0.2, 0) is 9.53 Å². The van der Waals surface area contributed by atoms with Gasteiger partial charge >= 0.3 is 5.97 Å². The Bertz CT molecular complexity index is 598. The van der Waals surface area contributed by atoms with Crippen LogP contribution in [-0.4, -0.2) is 22.7 Å². The number of rotatable bonds is 5. The molecule has 20 heavy (non-hydrogen) atoms. The van der Waals surface area contributed by atoms with Crippen molar-refractivity contribution in [3.05, 3.63) is 36.0 Å². The summed E-state index contributed by atoms with van der Waals surface area (Å²) in [4.78, 5) is 15.9. The fraction of sp³-hybridized carbons (Fsp3) is 0.357. The molecule has 0 aliphatic heterocycles. The average Bonchev–Trinajstić information content (AvgIpc) is 2.89. The van der Waals surface area contributed by atoms with E-state index in [9.17, 15) is 9.18 Å². The van der Waals surface area contributed by atoms with Gasteiger partial charge in [-0.25, -0.2) is 4.39 Å². The van der Waals surface area contributed by atoms with E-state index in [-0.39, 0.29) is 17.5 Å². The van der Waals surface area contributed by atoms with Gasteiger partial charge in [-0.2, -0.15) is 4.98 Å². The third-order valence-corrected chi connectivity index (χ3v) is 2.80. The highest BCUT2D eigenvalue weighted by Crippen LogP contribution is 2.23. The molecular formula is C14H15FN2O3. The number of benzene rings is 1. The van der Waals surface area contributed by atoms with Crippen LogP contribution < -0.4 is 0 Å². The van der Waals surface area contributed by atoms with E-state index < -0.39 is 11.9 Å². The van der Waals surface area contributed by atoms with Gasteiger partial charge in [0.05, 0.1) is 6.61 Å². The third-order valence-electron chi connectivity index (χ3n) is 2.80. The smallest absolute Gasteiger partial charge is 0.318 e. The van der Waals surface area contributed by atoms with Gasteiger partial charge in [0.15, 0.2) is 0 Å². The molecule has 1 heterocycles. The Balaban J connectivity index is 2.25. The summed E-state index contributed by atoms with van der Waals surface area (Å²) >= 11 is 0. The zero-order chi connectivity index (χ0) is 14.5. The molecule has 0 radical (unpaired) electrons. The fourth-order valence-corrected chi connectivity index (χ4v) is 1.81. The number of carbonyl (C=O) groups excluding carboxylic acids is 1. The summed E-state index contributed by atoms with van der Waals surface area (Å²) in [5, 5.41) is 3.78. The predicted molar refractivity (Wildman–Crippen MR) is 69.4 cm³/mol. The minimum atomic E-state index is -0.593. The van der Waals surface area contributed by atoms with Gasteiger partial charge in [-0.3, -0.25) is 4.79 Å². The molecule has 0 aliphatic carbocycles. The van der Waals surface area contributed by atoms with Crippen molar-refractivity contribution < 1.29 is 18.4 Å². The van der Waals surface area contributed by atoms with E-state index in [2.05, 4.69) is 10.1 Å². The van der Waals surface area contributed by atoms with Gasteiger partial charge in [0.25, 0.3) is 0 Å². The van der Waals surface area contributed by atoms with Crippen molar-refractivity contribution in [3.8, 4) is 11.4 Å². The second-order valence-corrected chi connectivity index (χ2v) is 4.18. The molecule has 0 spiro atoms. The second-order valence-electron chi connectivity index (χ2n) is 4.18. The van der Waals surface area contributed by atoms with Crippen LogP contribution in [0.5, 0.6) is 0 Å². The first-order valence-electron chi connectivity index (χ1n) is 6.41. The van der Waals surface area contributed by atoms with Crippen molar-refractivity contribution in [2.24, 2.45) is 0 Å². The summed E-state index contributed by atoms with van der Waals surface area (Å²) < 4.78 is 23.2. The van der Waals surface area contributed by atoms with Gasteiger partial charge in [0.1, 0.15) is 11.7 Å². The highest BCUT2D eigenvalue weighted by Gasteiger charge is 2.26. The van der Waals surface area contributed by atoms with Gasteiger partial charge in [-0.15, -0.1) is 0 Å². The average molecular weight is 278 g/mol. The lowest BCUT2D eigenvalue weighted by Gasteiger charge is -2.08. The lowest BCUT2D eigenvalue weighted by Crippen LogP contribution is -2.15. The fourth-order valence-electron chi connectivity index (χ4n) is 1.81. The van der Waals surface area contributed by atoms with Crippen molar-refractivity contribution in [2.75, 3.05) is 6.61 Å². The Morgan fingerprint density at radius 1 is 1.45 bits per heavy atom. The molecule has 0 saturated heterocycles. The van der Waals surface area contributed by atoms with Crippen molar-refractivity contribution in [3.63, 3.8) is 0 Å². The van der Waals surface area contributed by atoms with Gasteiger partial charge in [0, 0.05) is 5.56 Å². The molecule has 0 amide bonds. The first-order chi connectivity index (χ1) is 9.65. The highest BCUT2D eigenvalue weighted by molar-refractivity contribution is 5.76. The van der Waals surface area contributed by atoms with Crippen molar-refractivity contribution in [1.82, 2.24) is 10.1 Å². The Hall–Kier alpha value is -2.24. The molecule has 0 aliphatic rings. The molecule has 0 saturated carbocycles. The minimum Gasteiger partial charge on any atom is -0.465 e. The van der Waals surface area contributed by atoms with Crippen LogP contribution in [0.1, 0.15) is 32.1 Å². The normalized spacial score (nSPS) is 12.2. The standard InChI is InChI=1S/C14H15FN2O3/c1-3-11(14(18)19-4-2)13-16-12(17-20-13)9-6-5-7-10(15)8-9/h5-8,11H,3-4H2,1-2H3.